The molecule has 10 heteroatoms. The van der Waals surface area contributed by atoms with Gasteiger partial charge < -0.3 is 19.7 Å². The van der Waals surface area contributed by atoms with Crippen LogP contribution in [0.15, 0.2) is 12.1 Å². The maximum atomic E-state index is 12.6. The Morgan fingerprint density at radius 3 is 2.62 bits per heavy atom. The number of aryl methyl sites for hydroxylation is 2. The summed E-state index contributed by atoms with van der Waals surface area (Å²) in [4.78, 5) is 31.4. The Morgan fingerprint density at radius 2 is 1.95 bits per heavy atom. The van der Waals surface area contributed by atoms with Crippen molar-refractivity contribution >= 4 is 12.0 Å². The molecule has 2 fully saturated rings. The van der Waals surface area contributed by atoms with Crippen molar-refractivity contribution in [2.75, 3.05) is 13.6 Å². The number of amides is 2. The molecule has 0 radical (unpaired) electrons. The molecular weight excluding hydrogens is 472 g/mol. The molecule has 37 heavy (non-hydrogen) atoms. The van der Waals surface area contributed by atoms with E-state index in [4.69, 9.17) is 14.5 Å². The van der Waals surface area contributed by atoms with Crippen molar-refractivity contribution in [1.82, 2.24) is 30.2 Å². The molecule has 0 spiro atoms. The zero-order valence-corrected chi connectivity index (χ0v) is 22.7. The average molecular weight is 513 g/mol. The predicted molar refractivity (Wildman–Crippen MR) is 139 cm³/mol. The topological polar surface area (TPSA) is 111 Å². The van der Waals surface area contributed by atoms with Crippen LogP contribution >= 0.6 is 0 Å². The van der Waals surface area contributed by atoms with E-state index < -0.39 is 0 Å². The minimum atomic E-state index is -0.134. The summed E-state index contributed by atoms with van der Waals surface area (Å²) in [6.45, 7) is 6.74. The van der Waals surface area contributed by atoms with Crippen LogP contribution in [0.5, 0.6) is 5.75 Å². The number of nitrogens with one attached hydrogen (secondary N) is 1. The molecule has 2 atom stereocenters. The highest BCUT2D eigenvalue weighted by molar-refractivity contribution is 5.74. The fourth-order valence-electron chi connectivity index (χ4n) is 4.99. The Hall–Kier alpha value is -3.17. The van der Waals surface area contributed by atoms with Crippen LogP contribution in [-0.4, -0.2) is 62.7 Å². The first-order chi connectivity index (χ1) is 17.7. The molecule has 10 nitrogen and oxygen atoms in total. The van der Waals surface area contributed by atoms with Crippen molar-refractivity contribution in [3.63, 3.8) is 0 Å². The monoisotopic (exact) mass is 512 g/mol. The number of carbonyl (C=O) groups excluding carboxylic acids is 2. The summed E-state index contributed by atoms with van der Waals surface area (Å²) >= 11 is 0. The summed E-state index contributed by atoms with van der Waals surface area (Å²) in [5.74, 6) is 1.05. The van der Waals surface area contributed by atoms with E-state index in [-0.39, 0.29) is 30.1 Å². The summed E-state index contributed by atoms with van der Waals surface area (Å²) in [5, 5.41) is 11.5. The highest BCUT2D eigenvalue weighted by Gasteiger charge is 2.30. The predicted octanol–water partition coefficient (Wildman–Crippen LogP) is 4.02. The maximum absolute atomic E-state index is 12.6. The van der Waals surface area contributed by atoms with E-state index in [0.717, 1.165) is 37.2 Å². The third kappa shape index (κ3) is 6.78. The first-order valence-corrected chi connectivity index (χ1v) is 13.4. The Labute approximate surface area is 219 Å². The van der Waals surface area contributed by atoms with Crippen molar-refractivity contribution in [3.8, 4) is 17.1 Å². The number of nitrogens with zero attached hydrogens (tertiary/aromatic N) is 5. The lowest BCUT2D eigenvalue weighted by atomic mass is 9.85. The van der Waals surface area contributed by atoms with Crippen molar-refractivity contribution in [2.45, 2.75) is 84.5 Å². The van der Waals surface area contributed by atoms with Crippen molar-refractivity contribution < 1.29 is 19.1 Å². The number of esters is 1. The molecule has 2 aromatic rings. The fourth-order valence-corrected chi connectivity index (χ4v) is 4.99. The zero-order chi connectivity index (χ0) is 26.5. The van der Waals surface area contributed by atoms with Gasteiger partial charge in [-0.2, -0.15) is 0 Å². The molecule has 2 aliphatic rings. The number of urea groups is 1. The van der Waals surface area contributed by atoms with Crippen LogP contribution in [0.25, 0.3) is 11.4 Å². The average Bonchev–Trinajstić information content (AvgIpc) is 3.20. The maximum Gasteiger partial charge on any atom is 0.317 e. The number of hydrogen-bond acceptors (Lipinski definition) is 7. The van der Waals surface area contributed by atoms with Crippen LogP contribution in [0.3, 0.4) is 0 Å². The van der Waals surface area contributed by atoms with E-state index in [9.17, 15) is 9.59 Å². The van der Waals surface area contributed by atoms with Gasteiger partial charge in [0, 0.05) is 20.6 Å². The highest BCUT2D eigenvalue weighted by Crippen LogP contribution is 2.31. The van der Waals surface area contributed by atoms with E-state index in [0.29, 0.717) is 36.0 Å². The number of hydrogen-bond donors (Lipinski definition) is 1. The molecule has 0 bridgehead atoms. The molecule has 2 unspecified atom stereocenters. The molecule has 2 aliphatic carbocycles. The second-order valence-corrected chi connectivity index (χ2v) is 10.7. The van der Waals surface area contributed by atoms with Crippen LogP contribution in [0, 0.1) is 18.8 Å². The molecule has 2 saturated carbocycles. The third-order valence-corrected chi connectivity index (χ3v) is 7.34. The van der Waals surface area contributed by atoms with E-state index >= 15 is 0 Å². The Kier molecular flexibility index (Phi) is 8.66. The lowest BCUT2D eigenvalue weighted by Gasteiger charge is -2.30. The van der Waals surface area contributed by atoms with Crippen LogP contribution in [0.2, 0.25) is 0 Å². The molecule has 2 aromatic heterocycles. The summed E-state index contributed by atoms with van der Waals surface area (Å²) in [6.07, 6.45) is 6.81. The van der Waals surface area contributed by atoms with E-state index in [1.165, 1.54) is 19.3 Å². The molecule has 202 valence electrons. The van der Waals surface area contributed by atoms with Gasteiger partial charge in [0.15, 0.2) is 0 Å². The van der Waals surface area contributed by atoms with Gasteiger partial charge in [-0.1, -0.05) is 11.6 Å². The van der Waals surface area contributed by atoms with Gasteiger partial charge in [0.1, 0.15) is 11.4 Å². The SMILES string of the molecule is Cc1nc(-c2nnn(C)c2CNC(=O)N(C)CC2CCC2)ccc1OC1CCCC(C(=O)OC(C)C)C1. The summed E-state index contributed by atoms with van der Waals surface area (Å²) < 4.78 is 13.4. The number of rotatable bonds is 9. The first kappa shape index (κ1) is 26.9. The number of ether oxygens (including phenoxy) is 2. The van der Waals surface area contributed by atoms with Crippen LogP contribution in [0.4, 0.5) is 4.79 Å². The summed E-state index contributed by atoms with van der Waals surface area (Å²) in [7, 11) is 3.64. The van der Waals surface area contributed by atoms with Crippen LogP contribution < -0.4 is 10.1 Å². The van der Waals surface area contributed by atoms with Crippen molar-refractivity contribution in [3.05, 3.63) is 23.5 Å². The molecule has 2 amide bonds. The number of carbonyl (C=O) groups is 2. The third-order valence-electron chi connectivity index (χ3n) is 7.34. The molecular formula is C27H40N6O4. The van der Waals surface area contributed by atoms with Gasteiger partial charge in [0.25, 0.3) is 0 Å². The Bertz CT molecular complexity index is 1100. The summed E-state index contributed by atoms with van der Waals surface area (Å²) in [6, 6.07) is 3.67. The normalized spacial score (nSPS) is 19.8. The largest absolute Gasteiger partial charge is 0.489 e. The second kappa shape index (κ2) is 11.9. The molecule has 4 rings (SSSR count). The van der Waals surface area contributed by atoms with Crippen molar-refractivity contribution in [1.29, 1.82) is 0 Å². The Balaban J connectivity index is 1.38. The van der Waals surface area contributed by atoms with E-state index in [1.807, 2.05) is 47.0 Å². The molecule has 0 saturated heterocycles. The van der Waals surface area contributed by atoms with E-state index in [1.54, 1.807) is 9.58 Å². The van der Waals surface area contributed by atoms with Gasteiger partial charge in [-0.15, -0.1) is 5.10 Å². The van der Waals surface area contributed by atoms with Gasteiger partial charge in [0.2, 0.25) is 0 Å². The lowest BCUT2D eigenvalue weighted by Crippen LogP contribution is -2.41. The standard InChI is InChI=1S/C27H40N6O4/c1-17(2)36-26(34)20-10-7-11-21(14-20)37-24-13-12-22(29-18(24)3)25-23(33(5)31-30-25)15-28-27(35)32(4)16-19-8-6-9-19/h12-13,17,19-21H,6-11,14-16H2,1-5H3,(H,28,35). The number of pyridine rings is 1. The molecule has 0 aliphatic heterocycles. The number of aromatic nitrogens is 4. The van der Waals surface area contributed by atoms with E-state index in [2.05, 4.69) is 15.6 Å². The highest BCUT2D eigenvalue weighted by atomic mass is 16.5. The minimum Gasteiger partial charge on any atom is -0.489 e. The van der Waals surface area contributed by atoms with Gasteiger partial charge >= 0.3 is 12.0 Å². The van der Waals surface area contributed by atoms with Crippen molar-refractivity contribution in [2.24, 2.45) is 18.9 Å². The molecule has 2 heterocycles. The van der Waals surface area contributed by atoms with Gasteiger partial charge in [-0.25, -0.2) is 14.5 Å². The van der Waals surface area contributed by atoms with Crippen LogP contribution in [-0.2, 0) is 23.1 Å². The smallest absolute Gasteiger partial charge is 0.317 e. The summed E-state index contributed by atoms with van der Waals surface area (Å²) in [5.41, 5.74) is 2.83. The lowest BCUT2D eigenvalue weighted by molar-refractivity contribution is -0.154. The second-order valence-electron chi connectivity index (χ2n) is 10.7. The van der Waals surface area contributed by atoms with Crippen LogP contribution in [0.1, 0.15) is 70.2 Å². The Morgan fingerprint density at radius 1 is 1.19 bits per heavy atom. The zero-order valence-electron chi connectivity index (χ0n) is 22.7. The quantitative estimate of drug-likeness (QED) is 0.505. The van der Waals surface area contributed by atoms with Gasteiger partial charge in [0.05, 0.1) is 41.8 Å². The molecule has 0 aromatic carbocycles. The minimum absolute atomic E-state index is 0.0518. The van der Waals surface area contributed by atoms with Gasteiger partial charge in [-0.05, 0) is 77.3 Å². The first-order valence-electron chi connectivity index (χ1n) is 13.4. The molecule has 1 N–H and O–H groups in total. The van der Waals surface area contributed by atoms with Gasteiger partial charge in [-0.3, -0.25) is 4.79 Å². The fraction of sp³-hybridized carbons (Fsp3) is 0.667.